The van der Waals surface area contributed by atoms with Gasteiger partial charge in [0, 0.05) is 18.7 Å². The molecule has 10 heteroatoms. The molecule has 2 aromatic rings. The van der Waals surface area contributed by atoms with E-state index >= 15 is 0 Å². The molecule has 2 heterocycles. The molecule has 0 saturated carbocycles. The van der Waals surface area contributed by atoms with Gasteiger partial charge in [-0.25, -0.2) is 8.78 Å². The highest BCUT2D eigenvalue weighted by atomic mass is 32.2. The van der Waals surface area contributed by atoms with Crippen molar-refractivity contribution in [1.82, 2.24) is 10.2 Å². The predicted molar refractivity (Wildman–Crippen MR) is 115 cm³/mol. The summed E-state index contributed by atoms with van der Waals surface area (Å²) in [4.78, 5) is 29.8. The Morgan fingerprint density at radius 2 is 2.06 bits per heavy atom. The molecule has 1 saturated heterocycles. The molecule has 32 heavy (non-hydrogen) atoms. The lowest BCUT2D eigenvalue weighted by atomic mass is 10.1. The number of alkyl halides is 1. The van der Waals surface area contributed by atoms with E-state index < -0.39 is 18.4 Å². The first-order chi connectivity index (χ1) is 15.5. The Hall–Kier alpha value is -3.71. The number of halogens is 2. The molecule has 0 atom stereocenters. The van der Waals surface area contributed by atoms with Gasteiger partial charge in [-0.15, -0.1) is 0 Å². The summed E-state index contributed by atoms with van der Waals surface area (Å²) >= 11 is 1.13. The van der Waals surface area contributed by atoms with Crippen LogP contribution in [0.1, 0.15) is 16.7 Å². The van der Waals surface area contributed by atoms with Crippen LogP contribution in [0.4, 0.5) is 8.78 Å². The zero-order valence-electron chi connectivity index (χ0n) is 16.6. The number of nitrogens with one attached hydrogen (secondary N) is 1. The standard InChI is InChI=1S/C22H16F2N4O3S/c23-10-15-7-14(11-25)2-3-17(15)31-18-4-1-13(8-16(18)24)9-19-21(30)27-22(32-19)28-6-5-26-20(29)12-28/h1-4,7-9H,5-6,10,12H2,(H,26,29)/b19-9-. The lowest BCUT2D eigenvalue weighted by Gasteiger charge is -2.27. The number of nitriles is 1. The molecule has 1 N–H and O–H groups in total. The summed E-state index contributed by atoms with van der Waals surface area (Å²) in [6.07, 6.45) is 1.51. The average Bonchev–Trinajstić information content (AvgIpc) is 3.16. The van der Waals surface area contributed by atoms with E-state index in [0.717, 1.165) is 11.8 Å². The van der Waals surface area contributed by atoms with E-state index in [4.69, 9.17) is 10.00 Å². The summed E-state index contributed by atoms with van der Waals surface area (Å²) in [7, 11) is 0. The number of benzene rings is 2. The second-order valence-corrected chi connectivity index (χ2v) is 7.95. The molecule has 0 aromatic heterocycles. The van der Waals surface area contributed by atoms with E-state index in [9.17, 15) is 18.4 Å². The number of carbonyl (C=O) groups is 2. The van der Waals surface area contributed by atoms with Crippen molar-refractivity contribution in [2.75, 3.05) is 19.6 Å². The topological polar surface area (TPSA) is 94.8 Å². The van der Waals surface area contributed by atoms with Crippen LogP contribution in [0.5, 0.6) is 11.5 Å². The first-order valence-electron chi connectivity index (χ1n) is 9.57. The minimum Gasteiger partial charge on any atom is -0.454 e. The van der Waals surface area contributed by atoms with E-state index in [-0.39, 0.29) is 35.1 Å². The summed E-state index contributed by atoms with van der Waals surface area (Å²) in [6.45, 7) is 0.289. The van der Waals surface area contributed by atoms with Crippen LogP contribution in [-0.2, 0) is 16.3 Å². The van der Waals surface area contributed by atoms with E-state index in [1.54, 1.807) is 11.0 Å². The number of hydrogen-bond donors (Lipinski definition) is 1. The fourth-order valence-electron chi connectivity index (χ4n) is 3.15. The van der Waals surface area contributed by atoms with Gasteiger partial charge in [0.2, 0.25) is 5.91 Å². The van der Waals surface area contributed by atoms with Gasteiger partial charge in [0.05, 0.1) is 23.1 Å². The number of aliphatic imine (C=N–C) groups is 1. The zero-order valence-corrected chi connectivity index (χ0v) is 17.4. The van der Waals surface area contributed by atoms with Crippen molar-refractivity contribution in [3.63, 3.8) is 0 Å². The molecule has 2 aromatic carbocycles. The molecule has 2 aliphatic rings. The van der Waals surface area contributed by atoms with Crippen molar-refractivity contribution >= 4 is 34.8 Å². The number of rotatable bonds is 4. The Labute approximate surface area is 186 Å². The van der Waals surface area contributed by atoms with Gasteiger partial charge in [-0.3, -0.25) is 9.59 Å². The van der Waals surface area contributed by atoms with Crippen LogP contribution < -0.4 is 10.1 Å². The SMILES string of the molecule is N#Cc1ccc(Oc2ccc(/C=C3\SC(N4CCNC(=O)C4)=NC3=O)cc2F)c(CF)c1. The van der Waals surface area contributed by atoms with Crippen molar-refractivity contribution in [2.45, 2.75) is 6.67 Å². The van der Waals surface area contributed by atoms with Gasteiger partial charge in [0.15, 0.2) is 16.7 Å². The number of nitrogens with zero attached hydrogens (tertiary/aromatic N) is 3. The molecular formula is C22H16F2N4O3S. The smallest absolute Gasteiger partial charge is 0.286 e. The van der Waals surface area contributed by atoms with Crippen LogP contribution in [0.15, 0.2) is 46.3 Å². The fourth-order valence-corrected chi connectivity index (χ4v) is 4.09. The second-order valence-electron chi connectivity index (χ2n) is 6.94. The van der Waals surface area contributed by atoms with Crippen molar-refractivity contribution in [3.05, 3.63) is 63.8 Å². The van der Waals surface area contributed by atoms with Gasteiger partial charge in [-0.05, 0) is 53.7 Å². The molecule has 0 bridgehead atoms. The first-order valence-corrected chi connectivity index (χ1v) is 10.4. The van der Waals surface area contributed by atoms with E-state index in [1.807, 2.05) is 6.07 Å². The number of carbonyl (C=O) groups excluding carboxylic acids is 2. The number of thioether (sulfide) groups is 1. The molecule has 4 rings (SSSR count). The maximum absolute atomic E-state index is 14.6. The van der Waals surface area contributed by atoms with Crippen molar-refractivity contribution in [3.8, 4) is 17.6 Å². The molecular weight excluding hydrogens is 438 g/mol. The zero-order chi connectivity index (χ0) is 22.7. The highest BCUT2D eigenvalue weighted by Gasteiger charge is 2.28. The van der Waals surface area contributed by atoms with E-state index in [2.05, 4.69) is 10.3 Å². The molecule has 0 radical (unpaired) electrons. The summed E-state index contributed by atoms with van der Waals surface area (Å²) in [6, 6.07) is 10.3. The summed E-state index contributed by atoms with van der Waals surface area (Å²) in [5.74, 6) is -1.30. The van der Waals surface area contributed by atoms with Crippen molar-refractivity contribution < 1.29 is 23.1 Å². The Morgan fingerprint density at radius 1 is 1.25 bits per heavy atom. The minimum atomic E-state index is -0.864. The number of amides is 2. The third-order valence-corrected chi connectivity index (χ3v) is 5.77. The second kappa shape index (κ2) is 9.20. The number of ether oxygens (including phenoxy) is 1. The van der Waals surface area contributed by atoms with Gasteiger partial charge >= 0.3 is 0 Å². The first kappa shape index (κ1) is 21.5. The molecule has 0 spiro atoms. The van der Waals surface area contributed by atoms with Crippen LogP contribution >= 0.6 is 11.8 Å². The molecule has 2 aliphatic heterocycles. The van der Waals surface area contributed by atoms with Gasteiger partial charge in [0.25, 0.3) is 5.91 Å². The van der Waals surface area contributed by atoms with Gasteiger partial charge in [-0.2, -0.15) is 10.3 Å². The summed E-state index contributed by atoms with van der Waals surface area (Å²) < 4.78 is 33.4. The lowest BCUT2D eigenvalue weighted by Crippen LogP contribution is -2.49. The Balaban J connectivity index is 1.49. The van der Waals surface area contributed by atoms with Crippen LogP contribution in [0.2, 0.25) is 0 Å². The highest BCUT2D eigenvalue weighted by Crippen LogP contribution is 2.33. The maximum Gasteiger partial charge on any atom is 0.286 e. The van der Waals surface area contributed by atoms with Crippen LogP contribution in [0.3, 0.4) is 0 Å². The van der Waals surface area contributed by atoms with Crippen molar-refractivity contribution in [2.24, 2.45) is 4.99 Å². The Kier molecular flexibility index (Phi) is 6.18. The maximum atomic E-state index is 14.6. The largest absolute Gasteiger partial charge is 0.454 e. The summed E-state index contributed by atoms with van der Waals surface area (Å²) in [5, 5.41) is 12.1. The molecule has 7 nitrogen and oxygen atoms in total. The Morgan fingerprint density at radius 3 is 2.78 bits per heavy atom. The quantitative estimate of drug-likeness (QED) is 0.712. The van der Waals surface area contributed by atoms with Gasteiger partial charge in [0.1, 0.15) is 12.4 Å². The van der Waals surface area contributed by atoms with E-state index in [1.165, 1.54) is 36.4 Å². The number of amidine groups is 1. The third kappa shape index (κ3) is 4.63. The van der Waals surface area contributed by atoms with Gasteiger partial charge < -0.3 is 15.0 Å². The predicted octanol–water partition coefficient (Wildman–Crippen LogP) is 3.36. The monoisotopic (exact) mass is 454 g/mol. The normalized spacial score (nSPS) is 17.2. The highest BCUT2D eigenvalue weighted by molar-refractivity contribution is 8.18. The molecule has 2 amide bonds. The molecule has 1 fully saturated rings. The third-order valence-electron chi connectivity index (χ3n) is 4.73. The van der Waals surface area contributed by atoms with Crippen LogP contribution in [-0.4, -0.2) is 41.5 Å². The lowest BCUT2D eigenvalue weighted by molar-refractivity contribution is -0.123. The van der Waals surface area contributed by atoms with E-state index in [0.29, 0.717) is 28.7 Å². The minimum absolute atomic E-state index is 0.113. The summed E-state index contributed by atoms with van der Waals surface area (Å²) in [5.41, 5.74) is 0.834. The molecule has 0 aliphatic carbocycles. The van der Waals surface area contributed by atoms with Gasteiger partial charge in [-0.1, -0.05) is 6.07 Å². The number of hydrogen-bond acceptors (Lipinski definition) is 6. The Bertz CT molecular complexity index is 1210. The fraction of sp³-hybridized carbons (Fsp3) is 0.182. The van der Waals surface area contributed by atoms with Crippen molar-refractivity contribution in [1.29, 1.82) is 5.26 Å². The van der Waals surface area contributed by atoms with Crippen LogP contribution in [0.25, 0.3) is 6.08 Å². The molecule has 162 valence electrons. The number of piperazine rings is 1. The molecule has 0 unspecified atom stereocenters. The average molecular weight is 454 g/mol. The van der Waals surface area contributed by atoms with Crippen LogP contribution in [0, 0.1) is 17.1 Å².